The zero-order valence-electron chi connectivity index (χ0n) is 18.1. The van der Waals surface area contributed by atoms with E-state index in [1.165, 1.54) is 4.88 Å². The van der Waals surface area contributed by atoms with Crippen molar-refractivity contribution < 1.29 is 9.59 Å². The Morgan fingerprint density at radius 3 is 2.61 bits per heavy atom. The minimum Gasteiger partial charge on any atom is -0.350 e. The van der Waals surface area contributed by atoms with Gasteiger partial charge < -0.3 is 10.2 Å². The highest BCUT2D eigenvalue weighted by Crippen LogP contribution is 2.31. The number of aromatic nitrogens is 1. The number of benzene rings is 2. The molecule has 1 atom stereocenters. The van der Waals surface area contributed by atoms with E-state index >= 15 is 0 Å². The summed E-state index contributed by atoms with van der Waals surface area (Å²) >= 11 is 1.63. The SMILES string of the molecule is Cc1cccc(C(=O)N2CCCC2(C)C(=O)NCc2ccc(-c3scnc3C)cc2)c1. The van der Waals surface area contributed by atoms with Crippen LogP contribution in [0.2, 0.25) is 0 Å². The molecule has 1 aromatic heterocycles. The largest absolute Gasteiger partial charge is 0.350 e. The monoisotopic (exact) mass is 433 g/mol. The predicted molar refractivity (Wildman–Crippen MR) is 124 cm³/mol. The molecule has 1 aliphatic rings. The van der Waals surface area contributed by atoms with Gasteiger partial charge in [-0.1, -0.05) is 42.0 Å². The third kappa shape index (κ3) is 4.26. The molecule has 4 rings (SSSR count). The zero-order valence-corrected chi connectivity index (χ0v) is 19.0. The van der Waals surface area contributed by atoms with Crippen LogP contribution >= 0.6 is 11.3 Å². The van der Waals surface area contributed by atoms with E-state index in [9.17, 15) is 9.59 Å². The van der Waals surface area contributed by atoms with Crippen molar-refractivity contribution in [2.75, 3.05) is 6.54 Å². The topological polar surface area (TPSA) is 62.3 Å². The smallest absolute Gasteiger partial charge is 0.254 e. The summed E-state index contributed by atoms with van der Waals surface area (Å²) in [6, 6.07) is 15.7. The maximum Gasteiger partial charge on any atom is 0.254 e. The van der Waals surface area contributed by atoms with E-state index in [1.54, 1.807) is 16.2 Å². The average Bonchev–Trinajstić information content (AvgIpc) is 3.38. The molecular formula is C25H27N3O2S. The summed E-state index contributed by atoms with van der Waals surface area (Å²) < 4.78 is 0. The molecule has 2 amide bonds. The Bertz CT molecular complexity index is 1110. The van der Waals surface area contributed by atoms with Gasteiger partial charge in [-0.05, 0) is 56.9 Å². The van der Waals surface area contributed by atoms with Gasteiger partial charge in [-0.25, -0.2) is 4.98 Å². The van der Waals surface area contributed by atoms with Crippen molar-refractivity contribution in [3.05, 3.63) is 76.4 Å². The van der Waals surface area contributed by atoms with Crippen molar-refractivity contribution in [3.8, 4) is 10.4 Å². The Kier molecular flexibility index (Phi) is 5.92. The maximum atomic E-state index is 13.1. The van der Waals surface area contributed by atoms with Crippen LogP contribution in [0.25, 0.3) is 10.4 Å². The fourth-order valence-electron chi connectivity index (χ4n) is 4.18. The number of likely N-dealkylation sites (tertiary alicyclic amines) is 1. The van der Waals surface area contributed by atoms with Crippen LogP contribution in [-0.4, -0.2) is 33.8 Å². The van der Waals surface area contributed by atoms with Gasteiger partial charge in [0, 0.05) is 18.7 Å². The van der Waals surface area contributed by atoms with E-state index in [0.717, 1.165) is 28.8 Å². The molecule has 0 spiro atoms. The number of hydrogen-bond acceptors (Lipinski definition) is 4. The molecule has 3 aromatic rings. The summed E-state index contributed by atoms with van der Waals surface area (Å²) in [6.07, 6.45) is 1.49. The van der Waals surface area contributed by atoms with Crippen molar-refractivity contribution in [2.24, 2.45) is 0 Å². The van der Waals surface area contributed by atoms with Crippen LogP contribution in [-0.2, 0) is 11.3 Å². The van der Waals surface area contributed by atoms with Crippen LogP contribution in [0.1, 0.15) is 46.9 Å². The number of rotatable bonds is 5. The Labute approximate surface area is 187 Å². The predicted octanol–water partition coefficient (Wildman–Crippen LogP) is 4.74. The van der Waals surface area contributed by atoms with E-state index in [2.05, 4.69) is 22.4 Å². The third-order valence-electron chi connectivity index (χ3n) is 6.06. The van der Waals surface area contributed by atoms with E-state index < -0.39 is 5.54 Å². The number of nitrogens with zero attached hydrogens (tertiary/aromatic N) is 2. The number of aryl methyl sites for hydroxylation is 2. The summed E-state index contributed by atoms with van der Waals surface area (Å²) in [7, 11) is 0. The second-order valence-electron chi connectivity index (χ2n) is 8.35. The van der Waals surface area contributed by atoms with E-state index in [0.29, 0.717) is 25.1 Å². The van der Waals surface area contributed by atoms with Gasteiger partial charge >= 0.3 is 0 Å². The van der Waals surface area contributed by atoms with Crippen LogP contribution in [0.4, 0.5) is 0 Å². The first-order valence-corrected chi connectivity index (χ1v) is 11.4. The standard InChI is InChI=1S/C25H27N3O2S/c1-17-6-4-7-21(14-17)23(29)28-13-5-12-25(28,3)24(30)26-15-19-8-10-20(11-9-19)22-18(2)27-16-31-22/h4,6-11,14,16H,5,12-13,15H2,1-3H3,(H,26,30). The first-order valence-electron chi connectivity index (χ1n) is 10.5. The van der Waals surface area contributed by atoms with Crippen LogP contribution in [0, 0.1) is 13.8 Å². The highest BCUT2D eigenvalue weighted by atomic mass is 32.1. The molecule has 0 radical (unpaired) electrons. The molecule has 0 aliphatic carbocycles. The average molecular weight is 434 g/mol. The Morgan fingerprint density at radius 2 is 1.94 bits per heavy atom. The van der Waals surface area contributed by atoms with Gasteiger partial charge in [0.15, 0.2) is 0 Å². The molecule has 1 N–H and O–H groups in total. The molecule has 1 fully saturated rings. The highest BCUT2D eigenvalue weighted by molar-refractivity contribution is 7.13. The Morgan fingerprint density at radius 1 is 1.16 bits per heavy atom. The zero-order chi connectivity index (χ0) is 22.0. The number of nitrogens with one attached hydrogen (secondary N) is 1. The number of amides is 2. The van der Waals surface area contributed by atoms with Crippen molar-refractivity contribution in [3.63, 3.8) is 0 Å². The lowest BCUT2D eigenvalue weighted by molar-refractivity contribution is -0.130. The van der Waals surface area contributed by atoms with Gasteiger partial charge in [0.2, 0.25) is 5.91 Å². The molecule has 0 saturated carbocycles. The quantitative estimate of drug-likeness (QED) is 0.632. The Balaban J connectivity index is 1.43. The second kappa shape index (κ2) is 8.63. The molecular weight excluding hydrogens is 406 g/mol. The molecule has 5 nitrogen and oxygen atoms in total. The fourth-order valence-corrected chi connectivity index (χ4v) is 5.00. The van der Waals surface area contributed by atoms with Crippen molar-refractivity contribution >= 4 is 23.2 Å². The molecule has 2 aromatic carbocycles. The molecule has 1 saturated heterocycles. The van der Waals surface area contributed by atoms with Crippen LogP contribution in [0.15, 0.2) is 54.0 Å². The first kappa shape index (κ1) is 21.2. The molecule has 31 heavy (non-hydrogen) atoms. The first-order chi connectivity index (χ1) is 14.9. The molecule has 0 bridgehead atoms. The lowest BCUT2D eigenvalue weighted by Crippen LogP contribution is -2.55. The van der Waals surface area contributed by atoms with Gasteiger partial charge in [0.05, 0.1) is 16.1 Å². The van der Waals surface area contributed by atoms with Gasteiger partial charge in [0.1, 0.15) is 5.54 Å². The summed E-state index contributed by atoms with van der Waals surface area (Å²) in [5.74, 6) is -0.184. The molecule has 6 heteroatoms. The minimum atomic E-state index is -0.833. The molecule has 160 valence electrons. The van der Waals surface area contributed by atoms with Crippen LogP contribution in [0.5, 0.6) is 0 Å². The van der Waals surface area contributed by atoms with Crippen molar-refractivity contribution in [1.29, 1.82) is 0 Å². The van der Waals surface area contributed by atoms with Gasteiger partial charge in [0.25, 0.3) is 5.91 Å². The van der Waals surface area contributed by atoms with Crippen molar-refractivity contribution in [2.45, 2.75) is 45.7 Å². The van der Waals surface area contributed by atoms with Gasteiger partial charge in [-0.3, -0.25) is 9.59 Å². The van der Waals surface area contributed by atoms with Gasteiger partial charge in [-0.2, -0.15) is 0 Å². The lowest BCUT2D eigenvalue weighted by Gasteiger charge is -2.34. The maximum absolute atomic E-state index is 13.1. The van der Waals surface area contributed by atoms with E-state index in [-0.39, 0.29) is 11.8 Å². The molecule has 2 heterocycles. The lowest BCUT2D eigenvalue weighted by atomic mass is 9.96. The number of carbonyl (C=O) groups excluding carboxylic acids is 2. The van der Waals surface area contributed by atoms with Crippen LogP contribution < -0.4 is 5.32 Å². The minimum absolute atomic E-state index is 0.0804. The molecule has 1 unspecified atom stereocenters. The van der Waals surface area contributed by atoms with E-state index in [4.69, 9.17) is 0 Å². The number of thiazole rings is 1. The second-order valence-corrected chi connectivity index (χ2v) is 9.20. The highest BCUT2D eigenvalue weighted by Gasteiger charge is 2.45. The number of carbonyl (C=O) groups is 2. The van der Waals surface area contributed by atoms with Crippen LogP contribution in [0.3, 0.4) is 0 Å². The summed E-state index contributed by atoms with van der Waals surface area (Å²) in [4.78, 5) is 33.5. The normalized spacial score (nSPS) is 18.2. The molecule has 1 aliphatic heterocycles. The summed E-state index contributed by atoms with van der Waals surface area (Å²) in [6.45, 7) is 6.88. The Hall–Kier alpha value is -2.99. The third-order valence-corrected chi connectivity index (χ3v) is 7.03. The number of hydrogen-bond donors (Lipinski definition) is 1. The fraction of sp³-hybridized carbons (Fsp3) is 0.320. The summed E-state index contributed by atoms with van der Waals surface area (Å²) in [5, 5.41) is 3.05. The van der Waals surface area contributed by atoms with E-state index in [1.807, 2.05) is 62.7 Å². The van der Waals surface area contributed by atoms with Crippen molar-refractivity contribution in [1.82, 2.24) is 15.2 Å². The summed E-state index contributed by atoms with van der Waals surface area (Å²) in [5.41, 5.74) is 5.87. The van der Waals surface area contributed by atoms with Gasteiger partial charge in [-0.15, -0.1) is 11.3 Å².